The van der Waals surface area contributed by atoms with Gasteiger partial charge in [0.25, 0.3) is 0 Å². The maximum Gasteiger partial charge on any atom is 0.250 e. The molecular weight excluding hydrogens is 522 g/mol. The molecule has 1 aromatic carbocycles. The summed E-state index contributed by atoms with van der Waals surface area (Å²) in [5.74, 6) is 0.283. The van der Waals surface area contributed by atoms with Gasteiger partial charge in [0.1, 0.15) is 11.8 Å². The van der Waals surface area contributed by atoms with Gasteiger partial charge in [-0.25, -0.2) is 15.0 Å². The summed E-state index contributed by atoms with van der Waals surface area (Å²) in [6.07, 6.45) is 6.70. The first-order valence-corrected chi connectivity index (χ1v) is 12.7. The number of carbonyl (C=O) groups excluding carboxylic acids is 2. The van der Waals surface area contributed by atoms with E-state index in [1.807, 2.05) is 52.5 Å². The van der Waals surface area contributed by atoms with E-state index in [-0.39, 0.29) is 11.6 Å². The summed E-state index contributed by atoms with van der Waals surface area (Å²) in [5.41, 5.74) is 5.13. The molecule has 41 heavy (non-hydrogen) atoms. The Labute approximate surface area is 237 Å². The molecule has 210 valence electrons. The molecule has 0 unspecified atom stereocenters. The number of fused-ring (bicyclic) bond motifs is 1. The van der Waals surface area contributed by atoms with Crippen LogP contribution in [0.4, 0.5) is 17.3 Å². The van der Waals surface area contributed by atoms with Crippen LogP contribution < -0.4 is 20.3 Å². The van der Waals surface area contributed by atoms with Crippen LogP contribution in [0.1, 0.15) is 16.8 Å². The predicted molar refractivity (Wildman–Crippen MR) is 158 cm³/mol. The van der Waals surface area contributed by atoms with Gasteiger partial charge < -0.3 is 24.8 Å². The summed E-state index contributed by atoms with van der Waals surface area (Å²) in [5, 5.41) is 15.8. The quantitative estimate of drug-likeness (QED) is 0.186. The van der Waals surface area contributed by atoms with E-state index >= 15 is 0 Å². The average Bonchev–Trinajstić information content (AvgIpc) is 3.35. The number of nitriles is 1. The van der Waals surface area contributed by atoms with Gasteiger partial charge in [-0.1, -0.05) is 0 Å². The second kappa shape index (κ2) is 12.7. The zero-order chi connectivity index (χ0) is 29.5. The minimum atomic E-state index is -0.540. The van der Waals surface area contributed by atoms with E-state index in [2.05, 4.69) is 46.4 Å². The third-order valence-corrected chi connectivity index (χ3v) is 6.41. The molecule has 0 aliphatic heterocycles. The van der Waals surface area contributed by atoms with Crippen molar-refractivity contribution in [2.24, 2.45) is 0 Å². The molecule has 2 amide bonds. The van der Waals surface area contributed by atoms with Gasteiger partial charge in [-0.3, -0.25) is 14.9 Å². The van der Waals surface area contributed by atoms with Crippen molar-refractivity contribution in [3.63, 3.8) is 0 Å². The Morgan fingerprint density at radius 3 is 2.68 bits per heavy atom. The highest BCUT2D eigenvalue weighted by Gasteiger charge is 2.16. The molecule has 3 N–H and O–H groups in total. The molecule has 0 spiro atoms. The maximum absolute atomic E-state index is 12.0. The fraction of sp³-hybridized carbons (Fsp3) is 0.241. The van der Waals surface area contributed by atoms with Crippen molar-refractivity contribution in [3.8, 4) is 23.2 Å². The number of anilines is 3. The Morgan fingerprint density at radius 1 is 1.17 bits per heavy atom. The van der Waals surface area contributed by atoms with Crippen LogP contribution in [0.25, 0.3) is 28.4 Å². The van der Waals surface area contributed by atoms with Crippen molar-refractivity contribution in [1.82, 2.24) is 30.2 Å². The third-order valence-electron chi connectivity index (χ3n) is 6.41. The number of nitrogens with one attached hydrogen (secondary N) is 3. The summed E-state index contributed by atoms with van der Waals surface area (Å²) in [6, 6.07) is 9.45. The largest absolute Gasteiger partial charge is 0.494 e. The van der Waals surface area contributed by atoms with Crippen molar-refractivity contribution in [1.29, 1.82) is 5.26 Å². The second-order valence-corrected chi connectivity index (χ2v) is 9.55. The van der Waals surface area contributed by atoms with Gasteiger partial charge in [-0.15, -0.1) is 0 Å². The number of hydrogen-bond donors (Lipinski definition) is 3. The van der Waals surface area contributed by atoms with Crippen LogP contribution >= 0.6 is 0 Å². The zero-order valence-electron chi connectivity index (χ0n) is 23.5. The topological polar surface area (TPSA) is 152 Å². The van der Waals surface area contributed by atoms with Crippen LogP contribution in [0.5, 0.6) is 5.75 Å². The van der Waals surface area contributed by atoms with Crippen LogP contribution in [0.3, 0.4) is 0 Å². The molecule has 0 radical (unpaired) electrons. The lowest BCUT2D eigenvalue weighted by Crippen LogP contribution is -2.29. The first-order chi connectivity index (χ1) is 19.7. The Morgan fingerprint density at radius 2 is 1.98 bits per heavy atom. The summed E-state index contributed by atoms with van der Waals surface area (Å²) < 4.78 is 5.69. The summed E-state index contributed by atoms with van der Waals surface area (Å²) >= 11 is 0. The van der Waals surface area contributed by atoms with E-state index in [1.54, 1.807) is 25.4 Å². The molecule has 3 aromatic heterocycles. The minimum absolute atomic E-state index is 0.282. The molecule has 0 fully saturated rings. The summed E-state index contributed by atoms with van der Waals surface area (Å²) in [6.45, 7) is 3.49. The van der Waals surface area contributed by atoms with Gasteiger partial charge >= 0.3 is 0 Å². The van der Waals surface area contributed by atoms with Crippen molar-refractivity contribution in [3.05, 3.63) is 59.6 Å². The minimum Gasteiger partial charge on any atom is -0.494 e. The number of likely N-dealkylation sites (N-methyl/N-ethyl adjacent to an activating group) is 2. The Bertz CT molecular complexity index is 1650. The standard InChI is InChI=1S/C29H31N9O3/c1-18-16-32-28-20(18)13-22(34-24(28)15-30)21-8-9-31-29(35-21)36-23-12-19(6-7-27(40)33-17-39)25(14-26(23)41-5)38(4)11-10-37(2)3/h6-9,12-14,16-17,32H,10-11H2,1-5H3,(H,31,35,36)(H,33,39,40). The van der Waals surface area contributed by atoms with Crippen molar-refractivity contribution >= 4 is 46.6 Å². The zero-order valence-corrected chi connectivity index (χ0v) is 23.5. The highest BCUT2D eigenvalue weighted by Crippen LogP contribution is 2.36. The molecule has 0 saturated carbocycles. The Balaban J connectivity index is 1.73. The highest BCUT2D eigenvalue weighted by atomic mass is 16.5. The third kappa shape index (κ3) is 6.66. The van der Waals surface area contributed by atoms with E-state index in [1.165, 1.54) is 6.08 Å². The molecule has 0 aliphatic rings. The summed E-state index contributed by atoms with van der Waals surface area (Å²) in [7, 11) is 7.51. The molecule has 0 bridgehead atoms. The van der Waals surface area contributed by atoms with Gasteiger partial charge in [0, 0.05) is 61.3 Å². The van der Waals surface area contributed by atoms with Gasteiger partial charge in [0.15, 0.2) is 5.69 Å². The van der Waals surface area contributed by atoms with Gasteiger partial charge in [0.2, 0.25) is 18.3 Å². The lowest BCUT2D eigenvalue weighted by molar-refractivity contribution is -0.121. The number of carbonyl (C=O) groups is 2. The number of pyridine rings is 1. The Kier molecular flexibility index (Phi) is 8.91. The first-order valence-electron chi connectivity index (χ1n) is 12.7. The number of aryl methyl sites for hydroxylation is 1. The number of amides is 2. The molecular formula is C29H31N9O3. The first kappa shape index (κ1) is 28.7. The fourth-order valence-corrected chi connectivity index (χ4v) is 4.21. The second-order valence-electron chi connectivity index (χ2n) is 9.55. The van der Waals surface area contributed by atoms with Gasteiger partial charge in [0.05, 0.1) is 29.7 Å². The van der Waals surface area contributed by atoms with Crippen molar-refractivity contribution in [2.45, 2.75) is 6.92 Å². The molecule has 12 heteroatoms. The number of H-pyrrole nitrogens is 1. The fourth-order valence-electron chi connectivity index (χ4n) is 4.21. The predicted octanol–water partition coefficient (Wildman–Crippen LogP) is 3.24. The van der Waals surface area contributed by atoms with E-state index in [9.17, 15) is 14.9 Å². The van der Waals surface area contributed by atoms with Crippen LogP contribution in [-0.4, -0.2) is 78.5 Å². The lowest BCUT2D eigenvalue weighted by Gasteiger charge is -2.25. The van der Waals surface area contributed by atoms with Crippen molar-refractivity contribution in [2.75, 3.05) is 51.6 Å². The van der Waals surface area contributed by atoms with Crippen LogP contribution in [0, 0.1) is 18.3 Å². The van der Waals surface area contributed by atoms with E-state index < -0.39 is 5.91 Å². The number of hydrogen-bond acceptors (Lipinski definition) is 10. The monoisotopic (exact) mass is 553 g/mol. The van der Waals surface area contributed by atoms with Gasteiger partial charge in [-0.05, 0) is 50.9 Å². The number of ether oxygens (including phenoxy) is 1. The van der Waals surface area contributed by atoms with E-state index in [0.717, 1.165) is 29.7 Å². The number of nitrogens with zero attached hydrogens (tertiary/aromatic N) is 6. The van der Waals surface area contributed by atoms with Crippen LogP contribution in [0.2, 0.25) is 0 Å². The number of aromatic nitrogens is 4. The number of benzene rings is 1. The lowest BCUT2D eigenvalue weighted by atomic mass is 10.1. The number of methoxy groups -OCH3 is 1. The average molecular weight is 554 g/mol. The normalized spacial score (nSPS) is 11.0. The van der Waals surface area contributed by atoms with Gasteiger partial charge in [-0.2, -0.15) is 5.26 Å². The number of rotatable bonds is 11. The molecule has 0 atom stereocenters. The molecule has 12 nitrogen and oxygen atoms in total. The van der Waals surface area contributed by atoms with Crippen LogP contribution in [-0.2, 0) is 9.59 Å². The SMILES string of the molecule is COc1cc(N(C)CCN(C)C)c(C=CC(=O)NC=O)cc1Nc1nccc(-c2cc3c(C)c[nH]c3c(C#N)n2)n1. The van der Waals surface area contributed by atoms with E-state index in [0.29, 0.717) is 40.3 Å². The highest BCUT2D eigenvalue weighted by molar-refractivity contribution is 5.98. The number of aromatic amines is 1. The summed E-state index contributed by atoms with van der Waals surface area (Å²) in [4.78, 5) is 43.4. The molecule has 4 aromatic rings. The molecule has 0 saturated heterocycles. The molecule has 0 aliphatic carbocycles. The van der Waals surface area contributed by atoms with Crippen LogP contribution in [0.15, 0.2) is 42.7 Å². The van der Waals surface area contributed by atoms with E-state index in [4.69, 9.17) is 4.74 Å². The smallest absolute Gasteiger partial charge is 0.250 e. The number of imide groups is 1. The van der Waals surface area contributed by atoms with Crippen molar-refractivity contribution < 1.29 is 14.3 Å². The molecule has 3 heterocycles. The molecule has 4 rings (SSSR count). The maximum atomic E-state index is 12.0. The Hall–Kier alpha value is -5.28.